The summed E-state index contributed by atoms with van der Waals surface area (Å²) < 4.78 is 62.7. The first-order valence-electron chi connectivity index (χ1n) is 5.59. The molecule has 110 valence electrons. The van der Waals surface area contributed by atoms with Gasteiger partial charge in [-0.1, -0.05) is 0 Å². The molecular formula is C10H16F3N3O2S. The Hall–Kier alpha value is -1.06. The molecule has 1 aromatic rings. The lowest BCUT2D eigenvalue weighted by Crippen LogP contribution is -2.33. The number of rotatable bonds is 6. The Morgan fingerprint density at radius 3 is 2.47 bits per heavy atom. The van der Waals surface area contributed by atoms with Crippen LogP contribution in [0.2, 0.25) is 0 Å². The second kappa shape index (κ2) is 5.93. The Kier molecular flexibility index (Phi) is 4.99. The zero-order valence-corrected chi connectivity index (χ0v) is 11.4. The maximum atomic E-state index is 12.0. The van der Waals surface area contributed by atoms with E-state index < -0.39 is 22.7 Å². The molecule has 0 aliphatic carbocycles. The van der Waals surface area contributed by atoms with Crippen LogP contribution >= 0.6 is 0 Å². The molecule has 0 saturated heterocycles. The molecule has 2 N–H and O–H groups in total. The molecule has 19 heavy (non-hydrogen) atoms. The van der Waals surface area contributed by atoms with Crippen molar-refractivity contribution < 1.29 is 21.6 Å². The van der Waals surface area contributed by atoms with Crippen molar-refractivity contribution >= 4 is 10.0 Å². The summed E-state index contributed by atoms with van der Waals surface area (Å²) in [7, 11) is -2.44. The van der Waals surface area contributed by atoms with E-state index in [-0.39, 0.29) is 4.90 Å². The maximum Gasteiger partial charge on any atom is 0.402 e. The number of nitrogens with zero attached hydrogens (tertiary/aromatic N) is 1. The number of sulfonamides is 1. The molecule has 1 aromatic heterocycles. The molecule has 0 spiro atoms. The van der Waals surface area contributed by atoms with Gasteiger partial charge in [0.25, 0.3) is 0 Å². The monoisotopic (exact) mass is 299 g/mol. The summed E-state index contributed by atoms with van der Waals surface area (Å²) >= 11 is 0. The van der Waals surface area contributed by atoms with Crippen LogP contribution in [0, 0.1) is 0 Å². The lowest BCUT2D eigenvalue weighted by molar-refractivity contribution is -0.121. The highest BCUT2D eigenvalue weighted by Crippen LogP contribution is 2.17. The van der Waals surface area contributed by atoms with Crippen molar-refractivity contribution in [3.05, 3.63) is 18.0 Å². The second-order valence-electron chi connectivity index (χ2n) is 3.92. The molecule has 0 aromatic carbocycles. The average Bonchev–Trinajstić information content (AvgIpc) is 2.70. The van der Waals surface area contributed by atoms with Gasteiger partial charge in [-0.15, -0.1) is 0 Å². The van der Waals surface area contributed by atoms with E-state index >= 15 is 0 Å². The number of nitrogens with one attached hydrogen (secondary N) is 2. The first-order valence-corrected chi connectivity index (χ1v) is 7.08. The van der Waals surface area contributed by atoms with Crippen LogP contribution in [0.5, 0.6) is 0 Å². The van der Waals surface area contributed by atoms with Gasteiger partial charge < -0.3 is 9.88 Å². The smallest absolute Gasteiger partial charge is 0.349 e. The zero-order chi connectivity index (χ0) is 14.7. The van der Waals surface area contributed by atoms with E-state index in [0.29, 0.717) is 18.8 Å². The fraction of sp³-hybridized carbons (Fsp3) is 0.600. The predicted molar refractivity (Wildman–Crippen MR) is 64.1 cm³/mol. The quantitative estimate of drug-likeness (QED) is 0.826. The van der Waals surface area contributed by atoms with E-state index in [1.54, 1.807) is 11.6 Å². The molecule has 1 heterocycles. The number of aryl methyl sites for hydroxylation is 1. The third kappa shape index (κ3) is 4.51. The molecule has 0 aliphatic rings. The average molecular weight is 299 g/mol. The normalized spacial score (nSPS) is 12.9. The van der Waals surface area contributed by atoms with Crippen molar-refractivity contribution in [1.29, 1.82) is 0 Å². The summed E-state index contributed by atoms with van der Waals surface area (Å²) in [6.07, 6.45) is -3.25. The second-order valence-corrected chi connectivity index (χ2v) is 5.69. The van der Waals surface area contributed by atoms with Crippen molar-refractivity contribution in [2.45, 2.75) is 31.1 Å². The van der Waals surface area contributed by atoms with Crippen LogP contribution in [0.25, 0.3) is 0 Å². The molecule has 0 aliphatic heterocycles. The van der Waals surface area contributed by atoms with E-state index in [1.807, 2.05) is 6.92 Å². The highest BCUT2D eigenvalue weighted by atomic mass is 32.2. The standard InChI is InChI=1S/C10H16F3N3O2S/c1-3-16-6-9(4-8(16)5-14-2)19(17,18)15-7-10(11,12)13/h4,6,14-15H,3,5,7H2,1-2H3. The molecule has 1 rings (SSSR count). The molecule has 0 radical (unpaired) electrons. The minimum Gasteiger partial charge on any atom is -0.349 e. The number of alkyl halides is 3. The van der Waals surface area contributed by atoms with Crippen molar-refractivity contribution in [3.63, 3.8) is 0 Å². The molecule has 0 bridgehead atoms. The molecule has 0 atom stereocenters. The Labute approximate surface area is 109 Å². The maximum absolute atomic E-state index is 12.0. The number of hydrogen-bond acceptors (Lipinski definition) is 3. The van der Waals surface area contributed by atoms with Gasteiger partial charge in [0.15, 0.2) is 0 Å². The summed E-state index contributed by atoms with van der Waals surface area (Å²) in [4.78, 5) is -0.163. The summed E-state index contributed by atoms with van der Waals surface area (Å²) in [5.74, 6) is 0. The highest BCUT2D eigenvalue weighted by molar-refractivity contribution is 7.89. The molecule has 9 heteroatoms. The van der Waals surface area contributed by atoms with E-state index in [0.717, 1.165) is 0 Å². The Morgan fingerprint density at radius 2 is 2.00 bits per heavy atom. The summed E-state index contributed by atoms with van der Waals surface area (Å²) in [5.41, 5.74) is 0.692. The third-order valence-electron chi connectivity index (χ3n) is 2.43. The van der Waals surface area contributed by atoms with Gasteiger partial charge in [-0.05, 0) is 20.0 Å². The fourth-order valence-electron chi connectivity index (χ4n) is 1.56. The van der Waals surface area contributed by atoms with Gasteiger partial charge in [0.2, 0.25) is 10.0 Å². The topological polar surface area (TPSA) is 63.1 Å². The summed E-state index contributed by atoms with van der Waals surface area (Å²) in [5, 5.41) is 2.86. The van der Waals surface area contributed by atoms with Gasteiger partial charge in [0.05, 0.1) is 4.90 Å². The molecular weight excluding hydrogens is 283 g/mol. The molecule has 0 saturated carbocycles. The Morgan fingerprint density at radius 1 is 1.37 bits per heavy atom. The molecule has 0 amide bonds. The zero-order valence-electron chi connectivity index (χ0n) is 10.6. The minimum atomic E-state index is -4.58. The number of halogens is 3. The van der Waals surface area contributed by atoms with Crippen molar-refractivity contribution in [2.75, 3.05) is 13.6 Å². The summed E-state index contributed by atoms with van der Waals surface area (Å²) in [6, 6.07) is 1.36. The van der Waals surface area contributed by atoms with E-state index in [4.69, 9.17) is 0 Å². The number of hydrogen-bond donors (Lipinski definition) is 2. The van der Waals surface area contributed by atoms with E-state index in [2.05, 4.69) is 5.32 Å². The van der Waals surface area contributed by atoms with Gasteiger partial charge in [0, 0.05) is 25.0 Å². The van der Waals surface area contributed by atoms with Crippen LogP contribution in [0.4, 0.5) is 13.2 Å². The first-order chi connectivity index (χ1) is 8.69. The SMILES string of the molecule is CCn1cc(S(=O)(=O)NCC(F)(F)F)cc1CNC. The largest absolute Gasteiger partial charge is 0.402 e. The van der Waals surface area contributed by atoms with Crippen molar-refractivity contribution in [2.24, 2.45) is 0 Å². The van der Waals surface area contributed by atoms with Crippen LogP contribution in [0.3, 0.4) is 0 Å². The van der Waals surface area contributed by atoms with Crippen molar-refractivity contribution in [1.82, 2.24) is 14.6 Å². The van der Waals surface area contributed by atoms with Crippen LogP contribution in [-0.4, -0.2) is 32.8 Å². The minimum absolute atomic E-state index is 0.163. The van der Waals surface area contributed by atoms with Crippen LogP contribution < -0.4 is 10.0 Å². The Balaban J connectivity index is 2.95. The first kappa shape index (κ1) is 16.0. The van der Waals surface area contributed by atoms with Crippen molar-refractivity contribution in [3.8, 4) is 0 Å². The van der Waals surface area contributed by atoms with Crippen LogP contribution in [0.15, 0.2) is 17.2 Å². The van der Waals surface area contributed by atoms with Gasteiger partial charge in [0.1, 0.15) is 6.54 Å². The van der Waals surface area contributed by atoms with Gasteiger partial charge in [-0.3, -0.25) is 0 Å². The van der Waals surface area contributed by atoms with Crippen LogP contribution in [0.1, 0.15) is 12.6 Å². The predicted octanol–water partition coefficient (Wildman–Crippen LogP) is 1.07. The fourth-order valence-corrected chi connectivity index (χ4v) is 2.63. The molecule has 0 fully saturated rings. The third-order valence-corrected chi connectivity index (χ3v) is 3.80. The molecule has 0 unspecified atom stereocenters. The van der Waals surface area contributed by atoms with Gasteiger partial charge in [-0.25, -0.2) is 13.1 Å². The molecule has 5 nitrogen and oxygen atoms in total. The van der Waals surface area contributed by atoms with Crippen LogP contribution in [-0.2, 0) is 23.1 Å². The Bertz CT molecular complexity index is 523. The van der Waals surface area contributed by atoms with Gasteiger partial charge in [-0.2, -0.15) is 13.2 Å². The lowest BCUT2D eigenvalue weighted by Gasteiger charge is -2.07. The lowest BCUT2D eigenvalue weighted by atomic mass is 10.4. The highest BCUT2D eigenvalue weighted by Gasteiger charge is 2.30. The van der Waals surface area contributed by atoms with E-state index in [9.17, 15) is 21.6 Å². The number of aromatic nitrogens is 1. The van der Waals surface area contributed by atoms with Gasteiger partial charge >= 0.3 is 6.18 Å². The van der Waals surface area contributed by atoms with E-state index in [1.165, 1.54) is 17.0 Å². The summed E-state index contributed by atoms with van der Waals surface area (Å²) in [6.45, 7) is 1.21.